The summed E-state index contributed by atoms with van der Waals surface area (Å²) in [5, 5.41) is 13.9. The van der Waals surface area contributed by atoms with Gasteiger partial charge in [0, 0.05) is 19.0 Å². The quantitative estimate of drug-likeness (QED) is 0.934. The lowest BCUT2D eigenvalue weighted by atomic mass is 10.0. The fraction of sp³-hybridized carbons (Fsp3) is 0.467. The molecule has 0 spiro atoms. The van der Waals surface area contributed by atoms with Crippen LogP contribution in [0.25, 0.3) is 0 Å². The average Bonchev–Trinajstić information content (AvgIpc) is 3.07. The number of aliphatic hydroxyl groups excluding tert-OH is 1. The monoisotopic (exact) mass is 291 g/mol. The molecule has 21 heavy (non-hydrogen) atoms. The number of likely N-dealkylation sites (tertiary alicyclic amines) is 1. The highest BCUT2D eigenvalue weighted by Gasteiger charge is 2.32. The van der Waals surface area contributed by atoms with Crippen molar-refractivity contribution in [2.75, 3.05) is 6.54 Å². The van der Waals surface area contributed by atoms with E-state index in [-0.39, 0.29) is 11.9 Å². The van der Waals surface area contributed by atoms with Crippen molar-refractivity contribution in [1.82, 2.24) is 15.0 Å². The number of halogens is 1. The molecule has 1 saturated heterocycles. The molecule has 2 aromatic rings. The van der Waals surface area contributed by atoms with Crippen molar-refractivity contribution in [3.05, 3.63) is 47.4 Å². The van der Waals surface area contributed by atoms with Gasteiger partial charge in [0.05, 0.1) is 12.6 Å². The molecule has 3 rings (SSSR count). The third-order valence-corrected chi connectivity index (χ3v) is 3.79. The number of aryl methyl sites for hydroxylation is 1. The molecule has 6 heteroatoms. The highest BCUT2D eigenvalue weighted by molar-refractivity contribution is 5.21. The van der Waals surface area contributed by atoms with Crippen molar-refractivity contribution < 1.29 is 14.0 Å². The van der Waals surface area contributed by atoms with E-state index in [0.29, 0.717) is 37.6 Å². The van der Waals surface area contributed by atoms with Crippen LogP contribution in [0.5, 0.6) is 0 Å². The summed E-state index contributed by atoms with van der Waals surface area (Å²) in [5.41, 5.74) is 0.993. The molecule has 2 atom stereocenters. The van der Waals surface area contributed by atoms with Gasteiger partial charge in [-0.15, -0.1) is 0 Å². The average molecular weight is 291 g/mol. The topological polar surface area (TPSA) is 62.4 Å². The Morgan fingerprint density at radius 2 is 2.14 bits per heavy atom. The van der Waals surface area contributed by atoms with E-state index in [4.69, 9.17) is 4.52 Å². The Morgan fingerprint density at radius 3 is 2.81 bits per heavy atom. The molecule has 2 heterocycles. The van der Waals surface area contributed by atoms with Gasteiger partial charge in [0.1, 0.15) is 5.82 Å². The Balaban J connectivity index is 1.77. The van der Waals surface area contributed by atoms with E-state index in [9.17, 15) is 9.50 Å². The predicted molar refractivity (Wildman–Crippen MR) is 73.9 cm³/mol. The fourth-order valence-corrected chi connectivity index (χ4v) is 2.77. The Bertz CT molecular complexity index is 599. The molecule has 112 valence electrons. The molecular formula is C15H18FN3O2. The summed E-state index contributed by atoms with van der Waals surface area (Å²) < 4.78 is 18.1. The first-order valence-corrected chi connectivity index (χ1v) is 7.14. The van der Waals surface area contributed by atoms with Crippen LogP contribution in [0.1, 0.15) is 36.7 Å². The minimum Gasteiger partial charge on any atom is -0.392 e. The lowest BCUT2D eigenvalue weighted by Gasteiger charge is -2.22. The van der Waals surface area contributed by atoms with E-state index in [1.807, 2.05) is 6.92 Å². The van der Waals surface area contributed by atoms with Crippen molar-refractivity contribution in [2.45, 2.75) is 38.5 Å². The van der Waals surface area contributed by atoms with Gasteiger partial charge in [-0.3, -0.25) is 4.90 Å². The van der Waals surface area contributed by atoms with Gasteiger partial charge in [0.15, 0.2) is 5.82 Å². The summed E-state index contributed by atoms with van der Waals surface area (Å²) in [6.45, 7) is 3.03. The molecule has 0 amide bonds. The molecule has 5 nitrogen and oxygen atoms in total. The van der Waals surface area contributed by atoms with Crippen molar-refractivity contribution in [3.63, 3.8) is 0 Å². The number of hydrogen-bond donors (Lipinski definition) is 1. The summed E-state index contributed by atoms with van der Waals surface area (Å²) >= 11 is 0. The van der Waals surface area contributed by atoms with E-state index in [2.05, 4.69) is 15.0 Å². The van der Waals surface area contributed by atoms with Crippen molar-refractivity contribution in [3.8, 4) is 0 Å². The summed E-state index contributed by atoms with van der Waals surface area (Å²) in [5.74, 6) is 0.978. The van der Waals surface area contributed by atoms with E-state index in [1.54, 1.807) is 12.1 Å². The SMILES string of the molecule is CCc1nc(CN2CC(O)CC2c2ccc(F)cc2)no1. The van der Waals surface area contributed by atoms with Gasteiger partial charge < -0.3 is 9.63 Å². The molecule has 1 aliphatic heterocycles. The van der Waals surface area contributed by atoms with Crippen LogP contribution in [0.15, 0.2) is 28.8 Å². The van der Waals surface area contributed by atoms with E-state index in [0.717, 1.165) is 5.56 Å². The number of β-amino-alcohol motifs (C(OH)–C–C–N with tert-alkyl or cyclic N) is 1. The molecule has 2 unspecified atom stereocenters. The first kappa shape index (κ1) is 14.2. The second-order valence-corrected chi connectivity index (χ2v) is 5.34. The number of rotatable bonds is 4. The van der Waals surface area contributed by atoms with Gasteiger partial charge in [-0.1, -0.05) is 24.2 Å². The molecule has 1 aromatic heterocycles. The third-order valence-electron chi connectivity index (χ3n) is 3.79. The minimum atomic E-state index is -0.391. The molecule has 1 fully saturated rings. The molecule has 1 aliphatic rings. The third kappa shape index (κ3) is 3.11. The number of benzene rings is 1. The standard InChI is InChI=1S/C15H18FN3O2/c1-2-15-17-14(18-21-15)9-19-8-12(20)7-13(19)10-3-5-11(16)6-4-10/h3-6,12-13,20H,2,7-9H2,1H3. The highest BCUT2D eigenvalue weighted by Crippen LogP contribution is 2.33. The van der Waals surface area contributed by atoms with E-state index in [1.165, 1.54) is 12.1 Å². The van der Waals surface area contributed by atoms with Gasteiger partial charge in [-0.05, 0) is 24.1 Å². The summed E-state index contributed by atoms with van der Waals surface area (Å²) in [6.07, 6.45) is 0.943. The smallest absolute Gasteiger partial charge is 0.226 e. The maximum absolute atomic E-state index is 13.0. The Morgan fingerprint density at radius 1 is 1.38 bits per heavy atom. The van der Waals surface area contributed by atoms with Crippen LogP contribution >= 0.6 is 0 Å². The fourth-order valence-electron chi connectivity index (χ4n) is 2.77. The summed E-state index contributed by atoms with van der Waals surface area (Å²) in [4.78, 5) is 6.40. The van der Waals surface area contributed by atoms with E-state index >= 15 is 0 Å². The summed E-state index contributed by atoms with van der Waals surface area (Å²) in [6, 6.07) is 6.46. The highest BCUT2D eigenvalue weighted by atomic mass is 19.1. The normalized spacial score (nSPS) is 22.8. The second kappa shape index (κ2) is 5.91. The second-order valence-electron chi connectivity index (χ2n) is 5.34. The lowest BCUT2D eigenvalue weighted by molar-refractivity contribution is 0.170. The number of hydrogen-bond acceptors (Lipinski definition) is 5. The van der Waals surface area contributed by atoms with Crippen LogP contribution in [0.3, 0.4) is 0 Å². The maximum atomic E-state index is 13.0. The number of aromatic nitrogens is 2. The van der Waals surface area contributed by atoms with E-state index < -0.39 is 6.10 Å². The van der Waals surface area contributed by atoms with Gasteiger partial charge >= 0.3 is 0 Å². The van der Waals surface area contributed by atoms with Gasteiger partial charge in [-0.25, -0.2) is 4.39 Å². The molecule has 0 aliphatic carbocycles. The van der Waals surface area contributed by atoms with Crippen LogP contribution in [0.4, 0.5) is 4.39 Å². The first-order valence-electron chi connectivity index (χ1n) is 7.14. The Labute approximate surface area is 122 Å². The molecular weight excluding hydrogens is 273 g/mol. The number of nitrogens with zero attached hydrogens (tertiary/aromatic N) is 3. The van der Waals surface area contributed by atoms with Crippen LogP contribution in [-0.4, -0.2) is 32.8 Å². The largest absolute Gasteiger partial charge is 0.392 e. The van der Waals surface area contributed by atoms with Crippen LogP contribution in [0, 0.1) is 5.82 Å². The zero-order chi connectivity index (χ0) is 14.8. The van der Waals surface area contributed by atoms with Crippen molar-refractivity contribution >= 4 is 0 Å². The van der Waals surface area contributed by atoms with Crippen LogP contribution < -0.4 is 0 Å². The maximum Gasteiger partial charge on any atom is 0.226 e. The van der Waals surface area contributed by atoms with Gasteiger partial charge in [0.25, 0.3) is 0 Å². The van der Waals surface area contributed by atoms with Crippen LogP contribution in [-0.2, 0) is 13.0 Å². The Kier molecular flexibility index (Phi) is 3.98. The molecule has 0 saturated carbocycles. The predicted octanol–water partition coefficient (Wildman–Crippen LogP) is 2.08. The van der Waals surface area contributed by atoms with Gasteiger partial charge in [-0.2, -0.15) is 4.98 Å². The van der Waals surface area contributed by atoms with Crippen LogP contribution in [0.2, 0.25) is 0 Å². The first-order chi connectivity index (χ1) is 10.2. The zero-order valence-corrected chi connectivity index (χ0v) is 11.9. The summed E-state index contributed by atoms with van der Waals surface area (Å²) in [7, 11) is 0. The van der Waals surface area contributed by atoms with Gasteiger partial charge in [0.2, 0.25) is 5.89 Å². The molecule has 1 aromatic carbocycles. The van der Waals surface area contributed by atoms with Crippen molar-refractivity contribution in [2.24, 2.45) is 0 Å². The Hall–Kier alpha value is -1.79. The zero-order valence-electron chi connectivity index (χ0n) is 11.9. The molecule has 0 radical (unpaired) electrons. The minimum absolute atomic E-state index is 0.0455. The molecule has 1 N–H and O–H groups in total. The number of aliphatic hydroxyl groups is 1. The molecule has 0 bridgehead atoms. The van der Waals surface area contributed by atoms with Crippen molar-refractivity contribution in [1.29, 1.82) is 0 Å². The lowest BCUT2D eigenvalue weighted by Crippen LogP contribution is -2.25.